The van der Waals surface area contributed by atoms with Crippen LogP contribution in [0.25, 0.3) is 0 Å². The molecule has 0 aliphatic rings. The molecule has 27 heavy (non-hydrogen) atoms. The Bertz CT molecular complexity index is 900. The first-order valence-corrected chi connectivity index (χ1v) is 8.81. The van der Waals surface area contributed by atoms with Crippen LogP contribution in [0.1, 0.15) is 15.9 Å². The molecule has 0 aliphatic carbocycles. The molecule has 2 N–H and O–H groups in total. The van der Waals surface area contributed by atoms with Crippen molar-refractivity contribution in [3.63, 3.8) is 0 Å². The van der Waals surface area contributed by atoms with Gasteiger partial charge in [-0.05, 0) is 42.0 Å². The van der Waals surface area contributed by atoms with Gasteiger partial charge in [-0.1, -0.05) is 41.9 Å². The Hall–Kier alpha value is -3.18. The van der Waals surface area contributed by atoms with E-state index in [0.717, 1.165) is 5.56 Å². The first-order valence-electron chi connectivity index (χ1n) is 8.43. The number of rotatable bonds is 6. The molecule has 0 fully saturated rings. The molecule has 3 aromatic rings. The van der Waals surface area contributed by atoms with Crippen molar-refractivity contribution in [3.05, 3.63) is 95.3 Å². The van der Waals surface area contributed by atoms with Gasteiger partial charge in [0.15, 0.2) is 0 Å². The van der Waals surface area contributed by atoms with Crippen LogP contribution in [0.5, 0.6) is 0 Å². The van der Waals surface area contributed by atoms with Crippen molar-refractivity contribution >= 4 is 29.1 Å². The van der Waals surface area contributed by atoms with Gasteiger partial charge in [0.2, 0.25) is 5.91 Å². The molecule has 1 atom stereocenters. The molecule has 0 spiro atoms. The molecule has 0 saturated heterocycles. The van der Waals surface area contributed by atoms with E-state index in [9.17, 15) is 9.59 Å². The number of carbonyl (C=O) groups excluding carboxylic acids is 2. The van der Waals surface area contributed by atoms with Crippen LogP contribution in [0, 0.1) is 0 Å². The third kappa shape index (κ3) is 5.39. The summed E-state index contributed by atoms with van der Waals surface area (Å²) in [5.74, 6) is -0.634. The number of hydrogen-bond acceptors (Lipinski definition) is 3. The number of nitrogens with one attached hydrogen (secondary N) is 2. The van der Waals surface area contributed by atoms with Crippen molar-refractivity contribution in [3.8, 4) is 0 Å². The molecule has 1 aromatic heterocycles. The molecule has 6 heteroatoms. The van der Waals surface area contributed by atoms with E-state index in [1.54, 1.807) is 48.8 Å². The van der Waals surface area contributed by atoms with Crippen molar-refractivity contribution in [1.82, 2.24) is 10.3 Å². The van der Waals surface area contributed by atoms with Gasteiger partial charge in [0.05, 0.1) is 0 Å². The average Bonchev–Trinajstić information content (AvgIpc) is 2.69. The Morgan fingerprint density at radius 3 is 2.26 bits per heavy atom. The minimum Gasteiger partial charge on any atom is -0.340 e. The first-order chi connectivity index (χ1) is 13.1. The number of hydrogen-bond donors (Lipinski definition) is 2. The average molecular weight is 380 g/mol. The number of amides is 2. The number of benzene rings is 2. The lowest BCUT2D eigenvalue weighted by molar-refractivity contribution is -0.118. The van der Waals surface area contributed by atoms with E-state index < -0.39 is 6.04 Å². The van der Waals surface area contributed by atoms with Gasteiger partial charge in [-0.3, -0.25) is 14.6 Å². The fourth-order valence-corrected chi connectivity index (χ4v) is 2.69. The monoisotopic (exact) mass is 379 g/mol. The van der Waals surface area contributed by atoms with Crippen LogP contribution in [0.3, 0.4) is 0 Å². The Labute approximate surface area is 162 Å². The van der Waals surface area contributed by atoms with Crippen LogP contribution in [-0.4, -0.2) is 22.8 Å². The molecule has 0 radical (unpaired) electrons. The standard InChI is InChI=1S/C21H18ClN3O2/c22-17-8-6-16(7-9-17)20(26)25-19(14-15-4-2-1-3-5-15)21(27)24-18-10-12-23-13-11-18/h1-13,19H,14H2,(H,25,26)(H,23,24,27). The van der Waals surface area contributed by atoms with Crippen molar-refractivity contribution < 1.29 is 9.59 Å². The van der Waals surface area contributed by atoms with E-state index in [4.69, 9.17) is 11.6 Å². The highest BCUT2D eigenvalue weighted by atomic mass is 35.5. The van der Waals surface area contributed by atoms with Crippen LogP contribution < -0.4 is 10.6 Å². The maximum Gasteiger partial charge on any atom is 0.251 e. The highest BCUT2D eigenvalue weighted by Crippen LogP contribution is 2.12. The summed E-state index contributed by atoms with van der Waals surface area (Å²) in [6.07, 6.45) is 3.55. The van der Waals surface area contributed by atoms with E-state index in [2.05, 4.69) is 15.6 Å². The maximum atomic E-state index is 12.8. The molecule has 0 aliphatic heterocycles. The van der Waals surface area contributed by atoms with Gasteiger partial charge in [-0.2, -0.15) is 0 Å². The Balaban J connectivity index is 1.77. The number of carbonyl (C=O) groups is 2. The normalized spacial score (nSPS) is 11.4. The highest BCUT2D eigenvalue weighted by Gasteiger charge is 2.22. The fraction of sp³-hybridized carbons (Fsp3) is 0.0952. The largest absolute Gasteiger partial charge is 0.340 e. The molecule has 3 rings (SSSR count). The summed E-state index contributed by atoms with van der Waals surface area (Å²) in [6, 6.07) is 18.7. The minimum atomic E-state index is -0.733. The molecule has 1 unspecified atom stereocenters. The SMILES string of the molecule is O=C(NC(Cc1ccccc1)C(=O)Nc1ccncc1)c1ccc(Cl)cc1. The highest BCUT2D eigenvalue weighted by molar-refractivity contribution is 6.30. The van der Waals surface area contributed by atoms with Crippen LogP contribution >= 0.6 is 11.6 Å². The summed E-state index contributed by atoms with van der Waals surface area (Å²) in [4.78, 5) is 29.3. The zero-order valence-corrected chi connectivity index (χ0v) is 15.2. The zero-order valence-electron chi connectivity index (χ0n) is 14.4. The van der Waals surface area contributed by atoms with Gasteiger partial charge >= 0.3 is 0 Å². The molecule has 1 heterocycles. The summed E-state index contributed by atoms with van der Waals surface area (Å²) in [7, 11) is 0. The number of aromatic nitrogens is 1. The summed E-state index contributed by atoms with van der Waals surface area (Å²) < 4.78 is 0. The van der Waals surface area contributed by atoms with Gasteiger partial charge in [0.25, 0.3) is 5.91 Å². The quantitative estimate of drug-likeness (QED) is 0.685. The van der Waals surface area contributed by atoms with E-state index >= 15 is 0 Å². The predicted molar refractivity (Wildman–Crippen MR) is 106 cm³/mol. The summed E-state index contributed by atoms with van der Waals surface area (Å²) in [5.41, 5.74) is 2.01. The molecule has 0 saturated carbocycles. The van der Waals surface area contributed by atoms with E-state index in [1.165, 1.54) is 0 Å². The third-order valence-corrected chi connectivity index (χ3v) is 4.21. The van der Waals surface area contributed by atoms with Gasteiger partial charge in [-0.25, -0.2) is 0 Å². The van der Waals surface area contributed by atoms with Crippen LogP contribution in [-0.2, 0) is 11.2 Å². The van der Waals surface area contributed by atoms with Crippen molar-refractivity contribution in [2.45, 2.75) is 12.5 Å². The summed E-state index contributed by atoms with van der Waals surface area (Å²) in [5, 5.41) is 6.17. The first kappa shape index (κ1) is 18.6. The second-order valence-electron chi connectivity index (χ2n) is 5.95. The molecule has 2 amide bonds. The molecule has 5 nitrogen and oxygen atoms in total. The van der Waals surface area contributed by atoms with E-state index in [1.807, 2.05) is 30.3 Å². The van der Waals surface area contributed by atoms with Crippen molar-refractivity contribution in [2.75, 3.05) is 5.32 Å². The Kier molecular flexibility index (Phi) is 6.18. The van der Waals surface area contributed by atoms with Gasteiger partial charge < -0.3 is 10.6 Å². The molecule has 136 valence electrons. The van der Waals surface area contributed by atoms with Gasteiger partial charge in [-0.15, -0.1) is 0 Å². The topological polar surface area (TPSA) is 71.1 Å². The van der Waals surface area contributed by atoms with E-state index in [-0.39, 0.29) is 11.8 Å². The molecule has 2 aromatic carbocycles. The second kappa shape index (κ2) is 8.96. The summed E-state index contributed by atoms with van der Waals surface area (Å²) >= 11 is 5.87. The van der Waals surface area contributed by atoms with Crippen LogP contribution in [0.4, 0.5) is 5.69 Å². The zero-order chi connectivity index (χ0) is 19.1. The second-order valence-corrected chi connectivity index (χ2v) is 6.38. The molecular formula is C21H18ClN3O2. The lowest BCUT2D eigenvalue weighted by Gasteiger charge is -2.19. The Morgan fingerprint density at radius 2 is 1.59 bits per heavy atom. The fourth-order valence-electron chi connectivity index (χ4n) is 2.57. The third-order valence-electron chi connectivity index (χ3n) is 3.96. The van der Waals surface area contributed by atoms with E-state index in [0.29, 0.717) is 22.7 Å². The molecular weight excluding hydrogens is 362 g/mol. The van der Waals surface area contributed by atoms with Gasteiger partial charge in [0.1, 0.15) is 6.04 Å². The predicted octanol–water partition coefficient (Wildman–Crippen LogP) is 3.71. The van der Waals surface area contributed by atoms with Gasteiger partial charge in [0, 0.05) is 35.1 Å². The lowest BCUT2D eigenvalue weighted by Crippen LogP contribution is -2.45. The number of nitrogens with zero attached hydrogens (tertiary/aromatic N) is 1. The minimum absolute atomic E-state index is 0.299. The molecule has 0 bridgehead atoms. The van der Waals surface area contributed by atoms with Crippen molar-refractivity contribution in [2.24, 2.45) is 0 Å². The smallest absolute Gasteiger partial charge is 0.251 e. The lowest BCUT2D eigenvalue weighted by atomic mass is 10.0. The van der Waals surface area contributed by atoms with Crippen LogP contribution in [0.2, 0.25) is 5.02 Å². The Morgan fingerprint density at radius 1 is 0.926 bits per heavy atom. The maximum absolute atomic E-state index is 12.8. The summed E-state index contributed by atoms with van der Waals surface area (Å²) in [6.45, 7) is 0. The number of pyridine rings is 1. The number of anilines is 1. The number of halogens is 1. The van der Waals surface area contributed by atoms with Crippen molar-refractivity contribution in [1.29, 1.82) is 0 Å². The van der Waals surface area contributed by atoms with Crippen LogP contribution in [0.15, 0.2) is 79.1 Å².